The standard InChI is InChI=1S/C15H29N3O2/c1-4-6-13-15(19)18(14(16-13)7-5-2)11-12-10-17(3)8-9-20-12/h12-14,16H,4-11H2,1-3H3. The second-order valence-corrected chi connectivity index (χ2v) is 6.06. The van der Waals surface area contributed by atoms with E-state index in [1.54, 1.807) is 0 Å². The zero-order valence-electron chi connectivity index (χ0n) is 13.1. The number of rotatable bonds is 6. The molecule has 0 aliphatic carbocycles. The van der Waals surface area contributed by atoms with E-state index in [9.17, 15) is 4.79 Å². The first kappa shape index (κ1) is 15.7. The van der Waals surface area contributed by atoms with Gasteiger partial charge in [0.25, 0.3) is 0 Å². The van der Waals surface area contributed by atoms with Gasteiger partial charge in [-0.15, -0.1) is 0 Å². The molecule has 3 atom stereocenters. The van der Waals surface area contributed by atoms with Crippen LogP contribution < -0.4 is 5.32 Å². The predicted molar refractivity (Wildman–Crippen MR) is 79.5 cm³/mol. The van der Waals surface area contributed by atoms with E-state index in [0.29, 0.717) is 0 Å². The monoisotopic (exact) mass is 283 g/mol. The van der Waals surface area contributed by atoms with Gasteiger partial charge in [0.05, 0.1) is 24.9 Å². The number of nitrogens with one attached hydrogen (secondary N) is 1. The van der Waals surface area contributed by atoms with E-state index in [-0.39, 0.29) is 24.2 Å². The lowest BCUT2D eigenvalue weighted by molar-refractivity contribution is -0.133. The van der Waals surface area contributed by atoms with Crippen LogP contribution in [0.15, 0.2) is 0 Å². The van der Waals surface area contributed by atoms with Gasteiger partial charge in [-0.1, -0.05) is 26.7 Å². The molecule has 2 aliphatic heterocycles. The maximum atomic E-state index is 12.5. The maximum Gasteiger partial charge on any atom is 0.241 e. The van der Waals surface area contributed by atoms with Gasteiger partial charge in [0.2, 0.25) is 5.91 Å². The molecule has 0 bridgehead atoms. The molecule has 0 aromatic rings. The quantitative estimate of drug-likeness (QED) is 0.791. The molecule has 20 heavy (non-hydrogen) atoms. The van der Waals surface area contributed by atoms with Crippen molar-refractivity contribution < 1.29 is 9.53 Å². The molecule has 0 spiro atoms. The SMILES string of the molecule is CCCC1NC(CCC)N(CC2CN(C)CCO2)C1=O. The molecule has 2 fully saturated rings. The highest BCUT2D eigenvalue weighted by Crippen LogP contribution is 2.19. The normalized spacial score (nSPS) is 32.0. The molecular formula is C15H29N3O2. The fraction of sp³-hybridized carbons (Fsp3) is 0.933. The number of hydrogen-bond acceptors (Lipinski definition) is 4. The van der Waals surface area contributed by atoms with Gasteiger partial charge in [-0.05, 0) is 19.9 Å². The number of hydrogen-bond donors (Lipinski definition) is 1. The highest BCUT2D eigenvalue weighted by molar-refractivity contribution is 5.84. The molecule has 1 N–H and O–H groups in total. The minimum atomic E-state index is 0.0119. The summed E-state index contributed by atoms with van der Waals surface area (Å²) in [6.07, 6.45) is 4.43. The molecule has 0 aromatic carbocycles. The topological polar surface area (TPSA) is 44.8 Å². The zero-order valence-corrected chi connectivity index (χ0v) is 13.1. The molecule has 1 amide bonds. The van der Waals surface area contributed by atoms with Gasteiger partial charge < -0.3 is 14.5 Å². The van der Waals surface area contributed by atoms with Gasteiger partial charge >= 0.3 is 0 Å². The van der Waals surface area contributed by atoms with Crippen LogP contribution >= 0.6 is 0 Å². The summed E-state index contributed by atoms with van der Waals surface area (Å²) in [6.45, 7) is 7.70. The first-order valence-corrected chi connectivity index (χ1v) is 8.02. The summed E-state index contributed by atoms with van der Waals surface area (Å²) >= 11 is 0. The summed E-state index contributed by atoms with van der Waals surface area (Å²) in [6, 6.07) is 0.0119. The minimum absolute atomic E-state index is 0.0119. The molecule has 0 radical (unpaired) electrons. The Labute approximate surface area is 122 Å². The fourth-order valence-corrected chi connectivity index (χ4v) is 3.17. The first-order valence-electron chi connectivity index (χ1n) is 8.02. The van der Waals surface area contributed by atoms with Gasteiger partial charge in [-0.2, -0.15) is 0 Å². The van der Waals surface area contributed by atoms with Crippen LogP contribution in [0.5, 0.6) is 0 Å². The zero-order chi connectivity index (χ0) is 14.5. The number of nitrogens with zero attached hydrogens (tertiary/aromatic N) is 2. The summed E-state index contributed by atoms with van der Waals surface area (Å²) < 4.78 is 5.82. The summed E-state index contributed by atoms with van der Waals surface area (Å²) in [4.78, 5) is 16.8. The van der Waals surface area contributed by atoms with E-state index in [1.165, 1.54) is 0 Å². The molecule has 3 unspecified atom stereocenters. The van der Waals surface area contributed by atoms with Gasteiger partial charge in [0, 0.05) is 19.6 Å². The lowest BCUT2D eigenvalue weighted by Crippen LogP contribution is -2.49. The summed E-state index contributed by atoms with van der Waals surface area (Å²) in [5.74, 6) is 0.266. The number of carbonyl (C=O) groups excluding carboxylic acids is 1. The van der Waals surface area contributed by atoms with Gasteiger partial charge in [-0.3, -0.25) is 10.1 Å². The molecule has 2 heterocycles. The van der Waals surface area contributed by atoms with E-state index < -0.39 is 0 Å². The second kappa shape index (κ2) is 7.38. The highest BCUT2D eigenvalue weighted by atomic mass is 16.5. The van der Waals surface area contributed by atoms with Crippen molar-refractivity contribution in [2.24, 2.45) is 0 Å². The largest absolute Gasteiger partial charge is 0.374 e. The van der Waals surface area contributed by atoms with E-state index in [4.69, 9.17) is 4.74 Å². The Balaban J connectivity index is 1.96. The predicted octanol–water partition coefficient (Wildman–Crippen LogP) is 1.04. The highest BCUT2D eigenvalue weighted by Gasteiger charge is 2.39. The van der Waals surface area contributed by atoms with Crippen LogP contribution in [0, 0.1) is 0 Å². The minimum Gasteiger partial charge on any atom is -0.374 e. The lowest BCUT2D eigenvalue weighted by Gasteiger charge is -2.34. The van der Waals surface area contributed by atoms with Gasteiger partial charge in [0.1, 0.15) is 0 Å². The Kier molecular flexibility index (Phi) is 5.81. The summed E-state index contributed by atoms with van der Waals surface area (Å²) in [7, 11) is 2.11. The van der Waals surface area contributed by atoms with Crippen LogP contribution in [-0.4, -0.2) is 67.3 Å². The third-order valence-corrected chi connectivity index (χ3v) is 4.23. The van der Waals surface area contributed by atoms with E-state index >= 15 is 0 Å². The van der Waals surface area contributed by atoms with Crippen LogP contribution in [0.3, 0.4) is 0 Å². The van der Waals surface area contributed by atoms with Crippen molar-refractivity contribution in [2.75, 3.05) is 33.3 Å². The fourth-order valence-electron chi connectivity index (χ4n) is 3.17. The average Bonchev–Trinajstić information content (AvgIpc) is 2.69. The van der Waals surface area contributed by atoms with Crippen molar-refractivity contribution in [1.29, 1.82) is 0 Å². The molecular weight excluding hydrogens is 254 g/mol. The van der Waals surface area contributed by atoms with Crippen molar-refractivity contribution in [1.82, 2.24) is 15.1 Å². The molecule has 2 saturated heterocycles. The average molecular weight is 283 g/mol. The van der Waals surface area contributed by atoms with Crippen molar-refractivity contribution >= 4 is 5.91 Å². The number of ether oxygens (including phenoxy) is 1. The number of amides is 1. The van der Waals surface area contributed by atoms with Crippen molar-refractivity contribution in [3.8, 4) is 0 Å². The Morgan fingerprint density at radius 1 is 1.30 bits per heavy atom. The first-order chi connectivity index (χ1) is 9.65. The van der Waals surface area contributed by atoms with Crippen molar-refractivity contribution in [3.63, 3.8) is 0 Å². The molecule has 5 heteroatoms. The maximum absolute atomic E-state index is 12.5. The summed E-state index contributed by atoms with van der Waals surface area (Å²) in [5, 5.41) is 3.50. The smallest absolute Gasteiger partial charge is 0.241 e. The van der Waals surface area contributed by atoms with Crippen LogP contribution in [0.25, 0.3) is 0 Å². The number of morpholine rings is 1. The molecule has 116 valence electrons. The Morgan fingerprint density at radius 3 is 2.70 bits per heavy atom. The van der Waals surface area contributed by atoms with Crippen molar-refractivity contribution in [3.05, 3.63) is 0 Å². The third kappa shape index (κ3) is 3.71. The Hall–Kier alpha value is -0.650. The molecule has 0 aromatic heterocycles. The van der Waals surface area contributed by atoms with Crippen LogP contribution in [-0.2, 0) is 9.53 Å². The lowest BCUT2D eigenvalue weighted by atomic mass is 10.1. The molecule has 0 saturated carbocycles. The van der Waals surface area contributed by atoms with Crippen LogP contribution in [0.1, 0.15) is 39.5 Å². The Bertz CT molecular complexity index is 324. The second-order valence-electron chi connectivity index (χ2n) is 6.06. The van der Waals surface area contributed by atoms with Crippen LogP contribution in [0.2, 0.25) is 0 Å². The Morgan fingerprint density at radius 2 is 2.05 bits per heavy atom. The third-order valence-electron chi connectivity index (χ3n) is 4.23. The van der Waals surface area contributed by atoms with E-state index in [0.717, 1.165) is 51.9 Å². The number of likely N-dealkylation sites (N-methyl/N-ethyl adjacent to an activating group) is 1. The molecule has 2 rings (SSSR count). The van der Waals surface area contributed by atoms with Crippen LogP contribution in [0.4, 0.5) is 0 Å². The van der Waals surface area contributed by atoms with E-state index in [1.807, 2.05) is 4.90 Å². The summed E-state index contributed by atoms with van der Waals surface area (Å²) in [5.41, 5.74) is 0. The van der Waals surface area contributed by atoms with Crippen molar-refractivity contribution in [2.45, 2.75) is 57.8 Å². The van der Waals surface area contributed by atoms with E-state index in [2.05, 4.69) is 31.1 Å². The van der Waals surface area contributed by atoms with Gasteiger partial charge in [0.15, 0.2) is 0 Å². The molecule has 2 aliphatic rings. The number of carbonyl (C=O) groups is 1. The van der Waals surface area contributed by atoms with Gasteiger partial charge in [-0.25, -0.2) is 0 Å². The molecule has 5 nitrogen and oxygen atoms in total.